The minimum absolute atomic E-state index is 0.0118. The first-order valence-corrected chi connectivity index (χ1v) is 7.69. The number of nitrogens with zero attached hydrogens (tertiary/aromatic N) is 2. The number of rotatable bonds is 8. The fraction of sp³-hybridized carbons (Fsp3) is 0.867. The normalized spacial score (nSPS) is 13.2. The number of likely N-dealkylation sites (N-methyl/N-ethyl adjacent to an activating group) is 1. The van der Waals surface area contributed by atoms with Gasteiger partial charge < -0.3 is 15.5 Å². The number of hydrogen-bond donors (Lipinski definition) is 2. The van der Waals surface area contributed by atoms with E-state index < -0.39 is 0 Å². The highest BCUT2D eigenvalue weighted by Gasteiger charge is 2.09. The molecule has 0 aromatic heterocycles. The highest BCUT2D eigenvalue weighted by Crippen LogP contribution is 2.04. The number of guanidine groups is 1. The summed E-state index contributed by atoms with van der Waals surface area (Å²) in [6, 6.07) is 0.345. The van der Waals surface area contributed by atoms with Gasteiger partial charge in [0.05, 0.1) is 0 Å². The molecule has 0 saturated carbocycles. The van der Waals surface area contributed by atoms with Gasteiger partial charge in [-0.1, -0.05) is 33.6 Å². The van der Waals surface area contributed by atoms with Gasteiger partial charge in [-0.15, -0.1) is 0 Å². The Morgan fingerprint density at radius 1 is 1.15 bits per heavy atom. The molecular weight excluding hydrogens is 252 g/mol. The topological polar surface area (TPSA) is 56.7 Å². The number of aliphatic imine (C=N–C) groups is 1. The Kier molecular flexibility index (Phi) is 9.86. The molecule has 1 unspecified atom stereocenters. The lowest BCUT2D eigenvalue weighted by atomic mass is 10.0. The number of amides is 1. The van der Waals surface area contributed by atoms with Crippen LogP contribution < -0.4 is 10.6 Å². The van der Waals surface area contributed by atoms with Gasteiger partial charge in [0.25, 0.3) is 0 Å². The zero-order valence-electron chi connectivity index (χ0n) is 14.0. The van der Waals surface area contributed by atoms with Crippen molar-refractivity contribution in [3.8, 4) is 0 Å². The van der Waals surface area contributed by atoms with Crippen molar-refractivity contribution >= 4 is 11.9 Å². The van der Waals surface area contributed by atoms with E-state index in [1.165, 1.54) is 0 Å². The number of carbonyl (C=O) groups is 1. The van der Waals surface area contributed by atoms with E-state index in [4.69, 9.17) is 0 Å². The second kappa shape index (κ2) is 10.5. The van der Waals surface area contributed by atoms with Crippen LogP contribution in [-0.4, -0.2) is 50.0 Å². The van der Waals surface area contributed by atoms with Gasteiger partial charge in [0.1, 0.15) is 6.54 Å². The molecule has 0 radical (unpaired) electrons. The van der Waals surface area contributed by atoms with Crippen LogP contribution in [0.25, 0.3) is 0 Å². The Morgan fingerprint density at radius 2 is 1.75 bits per heavy atom. The number of nitrogens with one attached hydrogen (secondary N) is 2. The smallest absolute Gasteiger partial charge is 0.243 e. The Labute approximate surface area is 124 Å². The molecule has 1 atom stereocenters. The van der Waals surface area contributed by atoms with E-state index in [-0.39, 0.29) is 12.5 Å². The molecule has 0 heterocycles. The second-order valence-electron chi connectivity index (χ2n) is 5.47. The van der Waals surface area contributed by atoms with Gasteiger partial charge in [-0.3, -0.25) is 4.79 Å². The molecule has 0 aromatic carbocycles. The Bertz CT molecular complexity index is 298. The van der Waals surface area contributed by atoms with E-state index in [1.807, 2.05) is 0 Å². The zero-order valence-corrected chi connectivity index (χ0v) is 14.0. The van der Waals surface area contributed by atoms with Crippen LogP contribution in [0, 0.1) is 5.92 Å². The minimum Gasteiger partial charge on any atom is -0.356 e. The maximum Gasteiger partial charge on any atom is 0.243 e. The van der Waals surface area contributed by atoms with Crippen LogP contribution >= 0.6 is 0 Å². The molecule has 0 rings (SSSR count). The Balaban J connectivity index is 4.54. The average molecular weight is 284 g/mol. The standard InChI is InChI=1S/C15H32N4O/c1-7-12(4)18-15(16-10-13(8-2)9-3)17-11-14(20)19(5)6/h12-13H,7-11H2,1-6H3,(H2,16,17,18). The summed E-state index contributed by atoms with van der Waals surface area (Å²) in [6.45, 7) is 9.71. The molecule has 0 fully saturated rings. The van der Waals surface area contributed by atoms with Gasteiger partial charge in [-0.25, -0.2) is 4.99 Å². The summed E-state index contributed by atoms with van der Waals surface area (Å²) in [5.41, 5.74) is 0. The average Bonchev–Trinajstić information content (AvgIpc) is 2.44. The molecule has 0 saturated heterocycles. The van der Waals surface area contributed by atoms with Crippen molar-refractivity contribution in [3.05, 3.63) is 0 Å². The van der Waals surface area contributed by atoms with E-state index in [2.05, 4.69) is 43.3 Å². The summed E-state index contributed by atoms with van der Waals surface area (Å²) < 4.78 is 0. The van der Waals surface area contributed by atoms with Crippen molar-refractivity contribution in [1.82, 2.24) is 15.5 Å². The van der Waals surface area contributed by atoms with Gasteiger partial charge in [-0.2, -0.15) is 0 Å². The molecule has 118 valence electrons. The van der Waals surface area contributed by atoms with Crippen molar-refractivity contribution in [1.29, 1.82) is 0 Å². The largest absolute Gasteiger partial charge is 0.356 e. The third-order valence-electron chi connectivity index (χ3n) is 3.58. The molecule has 0 aromatic rings. The monoisotopic (exact) mass is 284 g/mol. The summed E-state index contributed by atoms with van der Waals surface area (Å²) >= 11 is 0. The predicted octanol–water partition coefficient (Wildman–Crippen LogP) is 1.84. The molecular formula is C15H32N4O. The zero-order chi connectivity index (χ0) is 15.5. The highest BCUT2D eigenvalue weighted by molar-refractivity contribution is 5.84. The van der Waals surface area contributed by atoms with Gasteiger partial charge in [0.15, 0.2) is 5.96 Å². The van der Waals surface area contributed by atoms with E-state index in [0.717, 1.165) is 31.8 Å². The van der Waals surface area contributed by atoms with Gasteiger partial charge >= 0.3 is 0 Å². The van der Waals surface area contributed by atoms with E-state index >= 15 is 0 Å². The Hall–Kier alpha value is -1.26. The van der Waals surface area contributed by atoms with E-state index in [9.17, 15) is 4.79 Å². The summed E-state index contributed by atoms with van der Waals surface area (Å²) in [7, 11) is 3.49. The molecule has 1 amide bonds. The molecule has 0 spiro atoms. The van der Waals surface area contributed by atoms with Crippen LogP contribution in [0.15, 0.2) is 4.99 Å². The van der Waals surface area contributed by atoms with Crippen LogP contribution in [0.1, 0.15) is 47.0 Å². The van der Waals surface area contributed by atoms with Crippen LogP contribution in [0.2, 0.25) is 0 Å². The fourth-order valence-corrected chi connectivity index (χ4v) is 1.59. The molecule has 0 aliphatic heterocycles. The van der Waals surface area contributed by atoms with Crippen molar-refractivity contribution < 1.29 is 4.79 Å². The summed E-state index contributed by atoms with van der Waals surface area (Å²) in [6.07, 6.45) is 3.32. The van der Waals surface area contributed by atoms with Crippen molar-refractivity contribution in [3.63, 3.8) is 0 Å². The van der Waals surface area contributed by atoms with Gasteiger partial charge in [-0.05, 0) is 19.3 Å². The Morgan fingerprint density at radius 3 is 2.20 bits per heavy atom. The first-order valence-electron chi connectivity index (χ1n) is 7.69. The maximum atomic E-state index is 11.6. The van der Waals surface area contributed by atoms with Crippen LogP contribution in [0.3, 0.4) is 0 Å². The molecule has 2 N–H and O–H groups in total. The predicted molar refractivity (Wildman–Crippen MR) is 86.0 cm³/mol. The lowest BCUT2D eigenvalue weighted by molar-refractivity contribution is -0.127. The number of hydrogen-bond acceptors (Lipinski definition) is 2. The fourth-order valence-electron chi connectivity index (χ4n) is 1.59. The molecule has 5 heteroatoms. The molecule has 5 nitrogen and oxygen atoms in total. The van der Waals surface area contributed by atoms with Crippen molar-refractivity contribution in [2.75, 3.05) is 27.2 Å². The summed E-state index contributed by atoms with van der Waals surface area (Å²) in [5.74, 6) is 1.39. The maximum absolute atomic E-state index is 11.6. The van der Waals surface area contributed by atoms with E-state index in [0.29, 0.717) is 12.0 Å². The quantitative estimate of drug-likeness (QED) is 0.528. The van der Waals surface area contributed by atoms with Crippen molar-refractivity contribution in [2.45, 2.75) is 53.0 Å². The molecule has 0 bridgehead atoms. The molecule has 0 aliphatic rings. The van der Waals surface area contributed by atoms with Gasteiger partial charge in [0.2, 0.25) is 5.91 Å². The molecule has 20 heavy (non-hydrogen) atoms. The molecule has 0 aliphatic carbocycles. The summed E-state index contributed by atoms with van der Waals surface area (Å²) in [4.78, 5) is 17.6. The SMILES string of the molecule is CCC(CC)CNC(=NCC(=O)N(C)C)NC(C)CC. The third kappa shape index (κ3) is 8.02. The van der Waals surface area contributed by atoms with Crippen molar-refractivity contribution in [2.24, 2.45) is 10.9 Å². The van der Waals surface area contributed by atoms with Gasteiger partial charge in [0, 0.05) is 26.7 Å². The number of carbonyl (C=O) groups excluding carboxylic acids is 1. The minimum atomic E-state index is 0.0118. The lowest BCUT2D eigenvalue weighted by Crippen LogP contribution is -2.44. The van der Waals surface area contributed by atoms with Crippen LogP contribution in [0.5, 0.6) is 0 Å². The second-order valence-corrected chi connectivity index (χ2v) is 5.47. The van der Waals surface area contributed by atoms with Crippen LogP contribution in [0.4, 0.5) is 0 Å². The summed E-state index contributed by atoms with van der Waals surface area (Å²) in [5, 5.41) is 6.68. The van der Waals surface area contributed by atoms with Crippen LogP contribution in [-0.2, 0) is 4.79 Å². The first-order chi connectivity index (χ1) is 9.44. The first kappa shape index (κ1) is 18.7. The lowest BCUT2D eigenvalue weighted by Gasteiger charge is -2.20. The third-order valence-corrected chi connectivity index (χ3v) is 3.58. The van der Waals surface area contributed by atoms with E-state index in [1.54, 1.807) is 19.0 Å². The highest BCUT2D eigenvalue weighted by atomic mass is 16.2.